The number of fused-ring (bicyclic) bond motifs is 1. The van der Waals surface area contributed by atoms with Gasteiger partial charge in [-0.2, -0.15) is 0 Å². The van der Waals surface area contributed by atoms with Gasteiger partial charge in [0, 0.05) is 38.4 Å². The highest BCUT2D eigenvalue weighted by Crippen LogP contribution is 2.24. The SMILES string of the molecule is CN1c2ncccc2CN(Cc2ccccc2)CCC1CO. The average Bonchev–Trinajstić information content (AvgIpc) is 2.55. The van der Waals surface area contributed by atoms with Crippen molar-refractivity contribution in [3.63, 3.8) is 0 Å². The number of aromatic nitrogens is 1. The summed E-state index contributed by atoms with van der Waals surface area (Å²) in [5.74, 6) is 0.985. The summed E-state index contributed by atoms with van der Waals surface area (Å²) in [5.41, 5.74) is 2.54. The largest absolute Gasteiger partial charge is 0.394 e. The third-order valence-corrected chi connectivity index (χ3v) is 4.38. The molecule has 2 heterocycles. The lowest BCUT2D eigenvalue weighted by Gasteiger charge is -2.35. The number of hydrogen-bond donors (Lipinski definition) is 1. The summed E-state index contributed by atoms with van der Waals surface area (Å²) in [6.45, 7) is 2.95. The van der Waals surface area contributed by atoms with Crippen molar-refractivity contribution in [1.82, 2.24) is 9.88 Å². The molecule has 1 aromatic heterocycles. The molecule has 4 nitrogen and oxygen atoms in total. The summed E-state index contributed by atoms with van der Waals surface area (Å²) in [7, 11) is 2.03. The van der Waals surface area contributed by atoms with E-state index >= 15 is 0 Å². The van der Waals surface area contributed by atoms with Crippen molar-refractivity contribution in [2.45, 2.75) is 25.6 Å². The van der Waals surface area contributed by atoms with E-state index in [4.69, 9.17) is 0 Å². The van der Waals surface area contributed by atoms with Crippen LogP contribution in [0.2, 0.25) is 0 Å². The smallest absolute Gasteiger partial charge is 0.133 e. The average molecular weight is 297 g/mol. The molecule has 0 aliphatic carbocycles. The second-order valence-corrected chi connectivity index (χ2v) is 5.92. The van der Waals surface area contributed by atoms with Crippen molar-refractivity contribution in [1.29, 1.82) is 0 Å². The molecule has 0 spiro atoms. The molecule has 4 heteroatoms. The summed E-state index contributed by atoms with van der Waals surface area (Å²) in [6.07, 6.45) is 2.77. The van der Waals surface area contributed by atoms with Crippen molar-refractivity contribution in [3.05, 3.63) is 59.8 Å². The molecule has 1 N–H and O–H groups in total. The minimum absolute atomic E-state index is 0.118. The summed E-state index contributed by atoms with van der Waals surface area (Å²) >= 11 is 0. The highest BCUT2D eigenvalue weighted by atomic mass is 16.3. The van der Waals surface area contributed by atoms with Crippen LogP contribution in [0.4, 0.5) is 5.82 Å². The molecule has 0 radical (unpaired) electrons. The number of aliphatic hydroxyl groups excluding tert-OH is 1. The van der Waals surface area contributed by atoms with E-state index in [1.54, 1.807) is 0 Å². The lowest BCUT2D eigenvalue weighted by atomic mass is 10.1. The van der Waals surface area contributed by atoms with Crippen LogP contribution in [0.5, 0.6) is 0 Å². The summed E-state index contributed by atoms with van der Waals surface area (Å²) in [4.78, 5) is 9.09. The number of rotatable bonds is 3. The van der Waals surface area contributed by atoms with Crippen LogP contribution in [0.1, 0.15) is 17.5 Å². The number of hydrogen-bond acceptors (Lipinski definition) is 4. The van der Waals surface area contributed by atoms with Gasteiger partial charge in [-0.1, -0.05) is 36.4 Å². The van der Waals surface area contributed by atoms with Crippen LogP contribution in [-0.2, 0) is 13.1 Å². The summed E-state index contributed by atoms with van der Waals surface area (Å²) in [6, 6.07) is 14.8. The fraction of sp³-hybridized carbons (Fsp3) is 0.389. The second-order valence-electron chi connectivity index (χ2n) is 5.92. The summed E-state index contributed by atoms with van der Waals surface area (Å²) in [5, 5.41) is 9.69. The first-order chi connectivity index (χ1) is 10.8. The molecule has 1 aliphatic rings. The molecule has 22 heavy (non-hydrogen) atoms. The van der Waals surface area contributed by atoms with Gasteiger partial charge in [0.25, 0.3) is 0 Å². The fourth-order valence-corrected chi connectivity index (χ4v) is 3.08. The van der Waals surface area contributed by atoms with E-state index in [1.165, 1.54) is 11.1 Å². The van der Waals surface area contributed by atoms with E-state index in [9.17, 15) is 5.11 Å². The Hall–Kier alpha value is -1.91. The molecule has 3 rings (SSSR count). The number of likely N-dealkylation sites (N-methyl/N-ethyl adjacent to an activating group) is 1. The molecular weight excluding hydrogens is 274 g/mol. The van der Waals surface area contributed by atoms with Gasteiger partial charge in [-0.05, 0) is 18.1 Å². The van der Waals surface area contributed by atoms with E-state index in [-0.39, 0.29) is 12.6 Å². The Morgan fingerprint density at radius 2 is 2.00 bits per heavy atom. The maximum Gasteiger partial charge on any atom is 0.133 e. The minimum Gasteiger partial charge on any atom is -0.394 e. The number of pyridine rings is 1. The zero-order valence-corrected chi connectivity index (χ0v) is 13.0. The van der Waals surface area contributed by atoms with Gasteiger partial charge in [0.05, 0.1) is 12.6 Å². The summed E-state index contributed by atoms with van der Waals surface area (Å²) < 4.78 is 0. The van der Waals surface area contributed by atoms with Crippen LogP contribution in [0, 0.1) is 0 Å². The van der Waals surface area contributed by atoms with Crippen molar-refractivity contribution >= 4 is 5.82 Å². The molecule has 116 valence electrons. The molecule has 1 atom stereocenters. The van der Waals surface area contributed by atoms with Gasteiger partial charge < -0.3 is 10.0 Å². The van der Waals surface area contributed by atoms with Crippen LogP contribution >= 0.6 is 0 Å². The third kappa shape index (κ3) is 3.29. The Kier molecular flexibility index (Phi) is 4.71. The number of nitrogens with zero attached hydrogens (tertiary/aromatic N) is 3. The highest BCUT2D eigenvalue weighted by Gasteiger charge is 2.23. The first-order valence-corrected chi connectivity index (χ1v) is 7.82. The monoisotopic (exact) mass is 297 g/mol. The number of aliphatic hydroxyl groups is 1. The molecule has 0 amide bonds. The normalized spacial score (nSPS) is 19.4. The molecular formula is C18H23N3O. The van der Waals surface area contributed by atoms with Crippen molar-refractivity contribution in [2.24, 2.45) is 0 Å². The standard InChI is InChI=1S/C18H23N3O/c1-20-17(14-22)9-11-21(12-15-6-3-2-4-7-15)13-16-8-5-10-19-18(16)20/h2-8,10,17,22H,9,11-14H2,1H3. The zero-order chi connectivity index (χ0) is 15.4. The van der Waals surface area contributed by atoms with Crippen LogP contribution in [-0.4, -0.2) is 41.2 Å². The Bertz CT molecular complexity index is 602. The van der Waals surface area contributed by atoms with Gasteiger partial charge in [0.1, 0.15) is 5.82 Å². The minimum atomic E-state index is 0.118. The van der Waals surface area contributed by atoms with Gasteiger partial charge in [-0.25, -0.2) is 4.98 Å². The third-order valence-electron chi connectivity index (χ3n) is 4.38. The molecule has 1 aliphatic heterocycles. The maximum absolute atomic E-state index is 9.69. The predicted octanol–water partition coefficient (Wildman–Crippen LogP) is 2.28. The molecule has 0 saturated carbocycles. The zero-order valence-electron chi connectivity index (χ0n) is 13.0. The Morgan fingerprint density at radius 1 is 1.18 bits per heavy atom. The van der Waals surface area contributed by atoms with Crippen LogP contribution in [0.3, 0.4) is 0 Å². The highest BCUT2D eigenvalue weighted by molar-refractivity contribution is 5.47. The first kappa shape index (κ1) is 15.0. The quantitative estimate of drug-likeness (QED) is 0.943. The van der Waals surface area contributed by atoms with E-state index < -0.39 is 0 Å². The first-order valence-electron chi connectivity index (χ1n) is 7.82. The number of anilines is 1. The maximum atomic E-state index is 9.69. The lowest BCUT2D eigenvalue weighted by Crippen LogP contribution is -2.41. The van der Waals surface area contributed by atoms with Crippen molar-refractivity contribution in [3.8, 4) is 0 Å². The van der Waals surface area contributed by atoms with E-state index in [1.807, 2.05) is 25.4 Å². The predicted molar refractivity (Wildman–Crippen MR) is 88.7 cm³/mol. The van der Waals surface area contributed by atoms with Crippen LogP contribution in [0.25, 0.3) is 0 Å². The molecule has 0 bridgehead atoms. The molecule has 1 aromatic carbocycles. The van der Waals surface area contributed by atoms with E-state index in [2.05, 4.69) is 45.1 Å². The van der Waals surface area contributed by atoms with Gasteiger partial charge in [-0.15, -0.1) is 0 Å². The van der Waals surface area contributed by atoms with Gasteiger partial charge in [0.2, 0.25) is 0 Å². The van der Waals surface area contributed by atoms with Crippen LogP contribution < -0.4 is 4.90 Å². The topological polar surface area (TPSA) is 39.6 Å². The van der Waals surface area contributed by atoms with Crippen molar-refractivity contribution < 1.29 is 5.11 Å². The Morgan fingerprint density at radius 3 is 2.77 bits per heavy atom. The second kappa shape index (κ2) is 6.90. The molecule has 0 fully saturated rings. The Labute approximate surface area is 132 Å². The van der Waals surface area contributed by atoms with Gasteiger partial charge in [-0.3, -0.25) is 4.90 Å². The molecule has 1 unspecified atom stereocenters. The number of benzene rings is 1. The molecule has 2 aromatic rings. The van der Waals surface area contributed by atoms with E-state index in [0.29, 0.717) is 0 Å². The Balaban J connectivity index is 1.85. The van der Waals surface area contributed by atoms with Crippen molar-refractivity contribution in [2.75, 3.05) is 25.1 Å². The lowest BCUT2D eigenvalue weighted by molar-refractivity contribution is 0.205. The van der Waals surface area contributed by atoms with E-state index in [0.717, 1.165) is 31.9 Å². The van der Waals surface area contributed by atoms with Gasteiger partial charge >= 0.3 is 0 Å². The van der Waals surface area contributed by atoms with Crippen LogP contribution in [0.15, 0.2) is 48.7 Å². The van der Waals surface area contributed by atoms with Gasteiger partial charge in [0.15, 0.2) is 0 Å². The molecule has 0 saturated heterocycles. The fourth-order valence-electron chi connectivity index (χ4n) is 3.08.